The maximum Gasteiger partial charge on any atom is 0.137 e. The molecule has 0 unspecified atom stereocenters. The summed E-state index contributed by atoms with van der Waals surface area (Å²) < 4.78 is 5.31. The monoisotopic (exact) mass is 262 g/mol. The number of carbonyl (C=O) groups excluding carboxylic acids is 1. The molecular weight excluding hydrogens is 236 g/mol. The van der Waals surface area contributed by atoms with Crippen molar-refractivity contribution in [2.45, 2.75) is 58.8 Å². The first kappa shape index (κ1) is 15.7. The van der Waals surface area contributed by atoms with E-state index in [1.165, 1.54) is 31.2 Å². The Kier molecular flexibility index (Phi) is 7.24. The molecule has 0 fully saturated rings. The highest BCUT2D eigenvalue weighted by molar-refractivity contribution is 5.81. The van der Waals surface area contributed by atoms with Gasteiger partial charge in [-0.25, -0.2) is 0 Å². The van der Waals surface area contributed by atoms with Crippen LogP contribution in [0, 0.1) is 6.92 Å². The number of ether oxygens (including phenoxy) is 1. The molecule has 0 aliphatic carbocycles. The predicted octanol–water partition coefficient (Wildman–Crippen LogP) is 4.48. The zero-order chi connectivity index (χ0) is 14.1. The zero-order valence-corrected chi connectivity index (χ0v) is 12.5. The maximum atomic E-state index is 12.0. The molecule has 0 spiro atoms. The van der Waals surface area contributed by atoms with Crippen molar-refractivity contribution in [3.05, 3.63) is 29.3 Å². The predicted molar refractivity (Wildman–Crippen MR) is 79.8 cm³/mol. The zero-order valence-electron chi connectivity index (χ0n) is 12.5. The molecule has 0 aromatic heterocycles. The molecule has 0 amide bonds. The lowest BCUT2D eigenvalue weighted by molar-refractivity contribution is -0.118. The van der Waals surface area contributed by atoms with Crippen molar-refractivity contribution < 1.29 is 9.53 Å². The topological polar surface area (TPSA) is 26.3 Å². The molecule has 0 heterocycles. The summed E-state index contributed by atoms with van der Waals surface area (Å²) in [4.78, 5) is 12.0. The number of ketones is 1. The molecule has 0 radical (unpaired) electrons. The Morgan fingerprint density at radius 1 is 1.16 bits per heavy atom. The third kappa shape index (κ3) is 5.91. The van der Waals surface area contributed by atoms with E-state index in [0.717, 1.165) is 17.7 Å². The molecular formula is C17H26O2. The second-order valence-electron chi connectivity index (χ2n) is 5.19. The van der Waals surface area contributed by atoms with Crippen LogP contribution in [0.15, 0.2) is 18.2 Å². The highest BCUT2D eigenvalue weighted by Crippen LogP contribution is 2.21. The van der Waals surface area contributed by atoms with Crippen molar-refractivity contribution in [3.8, 4) is 5.75 Å². The van der Waals surface area contributed by atoms with Gasteiger partial charge in [0.05, 0.1) is 7.11 Å². The molecule has 2 heteroatoms. The molecule has 1 aromatic carbocycles. The molecule has 0 bridgehead atoms. The molecule has 2 nitrogen and oxygen atoms in total. The summed E-state index contributed by atoms with van der Waals surface area (Å²) in [5.41, 5.74) is 2.19. The van der Waals surface area contributed by atoms with Gasteiger partial charge in [-0.2, -0.15) is 0 Å². The average molecular weight is 262 g/mol. The van der Waals surface area contributed by atoms with Gasteiger partial charge >= 0.3 is 0 Å². The number of hydrogen-bond acceptors (Lipinski definition) is 2. The number of aryl methyl sites for hydroxylation is 1. The first-order valence-electron chi connectivity index (χ1n) is 7.32. The van der Waals surface area contributed by atoms with Gasteiger partial charge in [-0.05, 0) is 19.4 Å². The summed E-state index contributed by atoms with van der Waals surface area (Å²) in [7, 11) is 1.66. The van der Waals surface area contributed by atoms with E-state index in [2.05, 4.69) is 6.92 Å². The molecule has 0 aliphatic heterocycles. The Labute approximate surface area is 117 Å². The van der Waals surface area contributed by atoms with Gasteiger partial charge in [-0.3, -0.25) is 4.79 Å². The molecule has 0 N–H and O–H groups in total. The third-order valence-corrected chi connectivity index (χ3v) is 3.38. The number of hydrogen-bond donors (Lipinski definition) is 0. The molecule has 1 aromatic rings. The van der Waals surface area contributed by atoms with Crippen molar-refractivity contribution in [1.82, 2.24) is 0 Å². The Morgan fingerprint density at radius 3 is 2.58 bits per heavy atom. The van der Waals surface area contributed by atoms with E-state index in [9.17, 15) is 4.79 Å². The standard InChI is InChI=1S/C17H26O2/c1-4-5-6-7-8-9-16(18)13-15-12-14(2)10-11-17(15)19-3/h10-12H,4-9,13H2,1-3H3. The van der Waals surface area contributed by atoms with E-state index in [-0.39, 0.29) is 0 Å². The van der Waals surface area contributed by atoms with Crippen LogP contribution in [0.5, 0.6) is 5.75 Å². The van der Waals surface area contributed by atoms with Gasteiger partial charge in [-0.15, -0.1) is 0 Å². The van der Waals surface area contributed by atoms with E-state index in [0.29, 0.717) is 18.6 Å². The lowest BCUT2D eigenvalue weighted by Gasteiger charge is -2.09. The van der Waals surface area contributed by atoms with Crippen molar-refractivity contribution in [2.75, 3.05) is 7.11 Å². The fourth-order valence-electron chi connectivity index (χ4n) is 2.27. The fourth-order valence-corrected chi connectivity index (χ4v) is 2.27. The Balaban J connectivity index is 2.41. The van der Waals surface area contributed by atoms with Crippen LogP contribution in [0.25, 0.3) is 0 Å². The first-order chi connectivity index (χ1) is 9.17. The average Bonchev–Trinajstić information content (AvgIpc) is 2.39. The highest BCUT2D eigenvalue weighted by Gasteiger charge is 2.08. The molecule has 0 atom stereocenters. The van der Waals surface area contributed by atoms with Crippen LogP contribution in [0.2, 0.25) is 0 Å². The highest BCUT2D eigenvalue weighted by atomic mass is 16.5. The molecule has 106 valence electrons. The Morgan fingerprint density at radius 2 is 1.89 bits per heavy atom. The van der Waals surface area contributed by atoms with Crippen molar-refractivity contribution in [2.24, 2.45) is 0 Å². The molecule has 19 heavy (non-hydrogen) atoms. The quantitative estimate of drug-likeness (QED) is 0.613. The van der Waals surface area contributed by atoms with Crippen molar-refractivity contribution in [3.63, 3.8) is 0 Å². The van der Waals surface area contributed by atoms with Gasteiger partial charge in [0.2, 0.25) is 0 Å². The Bertz CT molecular complexity index is 396. The van der Waals surface area contributed by atoms with E-state index >= 15 is 0 Å². The smallest absolute Gasteiger partial charge is 0.137 e. The molecule has 0 saturated heterocycles. The lowest BCUT2D eigenvalue weighted by atomic mass is 10.0. The second kappa shape index (κ2) is 8.73. The SMILES string of the molecule is CCCCCCCC(=O)Cc1cc(C)ccc1OC. The normalized spacial score (nSPS) is 10.5. The molecule has 1 rings (SSSR count). The second-order valence-corrected chi connectivity index (χ2v) is 5.19. The summed E-state index contributed by atoms with van der Waals surface area (Å²) in [6.45, 7) is 4.24. The number of unbranched alkanes of at least 4 members (excludes halogenated alkanes) is 4. The third-order valence-electron chi connectivity index (χ3n) is 3.38. The number of Topliss-reactive ketones (excluding diaryl/α,β-unsaturated/α-hetero) is 1. The van der Waals surface area contributed by atoms with Crippen molar-refractivity contribution >= 4 is 5.78 Å². The van der Waals surface area contributed by atoms with E-state index in [1.807, 2.05) is 25.1 Å². The van der Waals surface area contributed by atoms with E-state index < -0.39 is 0 Å². The largest absolute Gasteiger partial charge is 0.496 e. The summed E-state index contributed by atoms with van der Waals surface area (Å²) in [6, 6.07) is 6.00. The Hall–Kier alpha value is -1.31. The van der Waals surface area contributed by atoms with Gasteiger partial charge in [0.15, 0.2) is 0 Å². The summed E-state index contributed by atoms with van der Waals surface area (Å²) in [5.74, 6) is 1.14. The summed E-state index contributed by atoms with van der Waals surface area (Å²) in [6.07, 6.45) is 7.16. The van der Waals surface area contributed by atoms with Gasteiger partial charge in [0.25, 0.3) is 0 Å². The summed E-state index contributed by atoms with van der Waals surface area (Å²) in [5, 5.41) is 0. The van der Waals surface area contributed by atoms with Crippen LogP contribution in [-0.4, -0.2) is 12.9 Å². The van der Waals surface area contributed by atoms with Crippen LogP contribution in [0.1, 0.15) is 56.6 Å². The molecule has 0 saturated carbocycles. The minimum Gasteiger partial charge on any atom is -0.496 e. The first-order valence-corrected chi connectivity index (χ1v) is 7.32. The number of carbonyl (C=O) groups is 1. The van der Waals surface area contributed by atoms with E-state index in [1.54, 1.807) is 7.11 Å². The van der Waals surface area contributed by atoms with Crippen LogP contribution < -0.4 is 4.74 Å². The van der Waals surface area contributed by atoms with Crippen LogP contribution in [-0.2, 0) is 11.2 Å². The van der Waals surface area contributed by atoms with E-state index in [4.69, 9.17) is 4.74 Å². The van der Waals surface area contributed by atoms with Crippen molar-refractivity contribution in [1.29, 1.82) is 0 Å². The van der Waals surface area contributed by atoms with Crippen LogP contribution in [0.3, 0.4) is 0 Å². The van der Waals surface area contributed by atoms with Gasteiger partial charge in [0.1, 0.15) is 11.5 Å². The number of rotatable bonds is 9. The minimum absolute atomic E-state index is 0.320. The maximum absolute atomic E-state index is 12.0. The van der Waals surface area contributed by atoms with Gasteiger partial charge in [0, 0.05) is 18.4 Å². The summed E-state index contributed by atoms with van der Waals surface area (Å²) >= 11 is 0. The van der Waals surface area contributed by atoms with Crippen LogP contribution in [0.4, 0.5) is 0 Å². The molecule has 0 aliphatic rings. The number of benzene rings is 1. The van der Waals surface area contributed by atoms with Gasteiger partial charge in [-0.1, -0.05) is 50.3 Å². The van der Waals surface area contributed by atoms with Crippen LogP contribution >= 0.6 is 0 Å². The minimum atomic E-state index is 0.320. The fraction of sp³-hybridized carbons (Fsp3) is 0.588. The number of methoxy groups -OCH3 is 1. The lowest BCUT2D eigenvalue weighted by Crippen LogP contribution is -2.04. The van der Waals surface area contributed by atoms with Gasteiger partial charge < -0.3 is 4.74 Å².